The van der Waals surface area contributed by atoms with Crippen molar-refractivity contribution in [2.45, 2.75) is 19.4 Å². The summed E-state index contributed by atoms with van der Waals surface area (Å²) in [5.74, 6) is 1.38. The minimum absolute atomic E-state index is 0.237. The monoisotopic (exact) mass is 266 g/mol. The van der Waals surface area contributed by atoms with Crippen molar-refractivity contribution in [1.82, 2.24) is 5.32 Å². The Morgan fingerprint density at radius 3 is 2.40 bits per heavy atom. The Labute approximate surface area is 119 Å². The predicted molar refractivity (Wildman–Crippen MR) is 79.8 cm³/mol. The van der Waals surface area contributed by atoms with Crippen molar-refractivity contribution in [3.63, 3.8) is 0 Å². The van der Waals surface area contributed by atoms with E-state index in [0.717, 1.165) is 17.7 Å². The van der Waals surface area contributed by atoms with E-state index in [1.165, 1.54) is 0 Å². The van der Waals surface area contributed by atoms with Crippen LogP contribution in [0.1, 0.15) is 30.5 Å². The molecular weight excluding hydrogens is 248 g/mol. The molecule has 0 spiro atoms. The van der Waals surface area contributed by atoms with Crippen LogP contribution in [-0.4, -0.2) is 7.05 Å². The summed E-state index contributed by atoms with van der Waals surface area (Å²) in [7, 11) is 1.94. The molecule has 2 aromatic carbocycles. The van der Waals surface area contributed by atoms with Gasteiger partial charge < -0.3 is 10.1 Å². The molecule has 2 aromatic rings. The lowest BCUT2D eigenvalue weighted by Gasteiger charge is -2.18. The molecule has 0 saturated heterocycles. The van der Waals surface area contributed by atoms with E-state index in [9.17, 15) is 0 Å². The molecule has 0 heterocycles. The van der Waals surface area contributed by atoms with Crippen molar-refractivity contribution in [2.75, 3.05) is 7.05 Å². The van der Waals surface area contributed by atoms with E-state index in [-0.39, 0.29) is 6.04 Å². The number of rotatable bonds is 5. The normalized spacial score (nSPS) is 11.7. The lowest BCUT2D eigenvalue weighted by molar-refractivity contribution is 0.457. The summed E-state index contributed by atoms with van der Waals surface area (Å²) < 4.78 is 5.95. The van der Waals surface area contributed by atoms with E-state index >= 15 is 0 Å². The third-order valence-corrected chi connectivity index (χ3v) is 3.28. The van der Waals surface area contributed by atoms with Gasteiger partial charge in [0, 0.05) is 11.6 Å². The van der Waals surface area contributed by atoms with E-state index in [1.54, 1.807) is 6.07 Å². The van der Waals surface area contributed by atoms with Crippen molar-refractivity contribution < 1.29 is 4.74 Å². The third-order valence-electron chi connectivity index (χ3n) is 3.28. The lowest BCUT2D eigenvalue weighted by atomic mass is 10.0. The van der Waals surface area contributed by atoms with Gasteiger partial charge >= 0.3 is 0 Å². The maximum absolute atomic E-state index is 9.12. The van der Waals surface area contributed by atoms with Gasteiger partial charge in [-0.3, -0.25) is 0 Å². The number of ether oxygens (including phenoxy) is 1. The van der Waals surface area contributed by atoms with Crippen molar-refractivity contribution in [2.24, 2.45) is 0 Å². The maximum Gasteiger partial charge on any atom is 0.145 e. The number of nitrogens with zero attached hydrogens (tertiary/aromatic N) is 1. The van der Waals surface area contributed by atoms with Crippen LogP contribution in [0, 0.1) is 11.3 Å². The van der Waals surface area contributed by atoms with Gasteiger partial charge in [0.25, 0.3) is 0 Å². The van der Waals surface area contributed by atoms with Crippen molar-refractivity contribution in [3.05, 3.63) is 59.7 Å². The second-order valence-corrected chi connectivity index (χ2v) is 4.50. The van der Waals surface area contributed by atoms with Crippen molar-refractivity contribution in [3.8, 4) is 17.6 Å². The lowest BCUT2D eigenvalue weighted by Crippen LogP contribution is -2.15. The van der Waals surface area contributed by atoms with Crippen molar-refractivity contribution in [1.29, 1.82) is 5.26 Å². The maximum atomic E-state index is 9.12. The molecule has 20 heavy (non-hydrogen) atoms. The van der Waals surface area contributed by atoms with Crippen LogP contribution in [0.4, 0.5) is 0 Å². The van der Waals surface area contributed by atoms with Gasteiger partial charge in [0.1, 0.15) is 17.6 Å². The fraction of sp³-hybridized carbons (Fsp3) is 0.235. The second kappa shape index (κ2) is 6.74. The fourth-order valence-electron chi connectivity index (χ4n) is 2.21. The van der Waals surface area contributed by atoms with Crippen LogP contribution in [0.5, 0.6) is 11.5 Å². The summed E-state index contributed by atoms with van der Waals surface area (Å²) in [6.07, 6.45) is 0.969. The Balaban J connectivity index is 2.37. The predicted octanol–water partition coefficient (Wildman–Crippen LogP) is 4.02. The van der Waals surface area contributed by atoms with E-state index < -0.39 is 0 Å². The molecule has 3 heteroatoms. The molecule has 0 aliphatic carbocycles. The van der Waals surface area contributed by atoms with E-state index in [4.69, 9.17) is 10.00 Å². The summed E-state index contributed by atoms with van der Waals surface area (Å²) in [5.41, 5.74) is 1.64. The highest BCUT2D eigenvalue weighted by Crippen LogP contribution is 2.32. The quantitative estimate of drug-likeness (QED) is 0.889. The summed E-state index contributed by atoms with van der Waals surface area (Å²) >= 11 is 0. The first-order valence-electron chi connectivity index (χ1n) is 6.73. The standard InChI is InChI=1S/C17H18N2O/c1-3-15(19-2)14-9-5-7-11-17(14)20-16-10-6-4-8-13(16)12-18/h4-11,15,19H,3H2,1-2H3. The van der Waals surface area contributed by atoms with Crippen LogP contribution in [0.2, 0.25) is 0 Å². The molecule has 2 rings (SSSR count). The molecular formula is C17H18N2O. The van der Waals surface area contributed by atoms with Gasteiger partial charge in [0.05, 0.1) is 5.56 Å². The minimum Gasteiger partial charge on any atom is -0.456 e. The summed E-state index contributed by atoms with van der Waals surface area (Å²) in [6.45, 7) is 2.13. The zero-order valence-corrected chi connectivity index (χ0v) is 11.8. The van der Waals surface area contributed by atoms with Crippen LogP contribution in [0.15, 0.2) is 48.5 Å². The number of hydrogen-bond acceptors (Lipinski definition) is 3. The van der Waals surface area contributed by atoms with Crippen LogP contribution >= 0.6 is 0 Å². The van der Waals surface area contributed by atoms with Crippen LogP contribution in [-0.2, 0) is 0 Å². The minimum atomic E-state index is 0.237. The van der Waals surface area contributed by atoms with Crippen LogP contribution in [0.3, 0.4) is 0 Å². The molecule has 1 atom stereocenters. The van der Waals surface area contributed by atoms with Gasteiger partial charge in [-0.05, 0) is 31.7 Å². The Kier molecular flexibility index (Phi) is 4.75. The molecule has 3 nitrogen and oxygen atoms in total. The summed E-state index contributed by atoms with van der Waals surface area (Å²) in [4.78, 5) is 0. The van der Waals surface area contributed by atoms with E-state index in [2.05, 4.69) is 24.4 Å². The first kappa shape index (κ1) is 14.1. The first-order valence-corrected chi connectivity index (χ1v) is 6.73. The van der Waals surface area contributed by atoms with Gasteiger partial charge in [-0.15, -0.1) is 0 Å². The van der Waals surface area contributed by atoms with Gasteiger partial charge in [0.15, 0.2) is 0 Å². The average Bonchev–Trinajstić information content (AvgIpc) is 2.50. The summed E-state index contributed by atoms with van der Waals surface area (Å²) in [5, 5.41) is 12.4. The average molecular weight is 266 g/mol. The Hall–Kier alpha value is -2.31. The van der Waals surface area contributed by atoms with Gasteiger partial charge in [-0.2, -0.15) is 5.26 Å². The Morgan fingerprint density at radius 1 is 1.10 bits per heavy atom. The first-order chi connectivity index (χ1) is 9.80. The van der Waals surface area contributed by atoms with Crippen LogP contribution in [0.25, 0.3) is 0 Å². The highest BCUT2D eigenvalue weighted by atomic mass is 16.5. The highest BCUT2D eigenvalue weighted by molar-refractivity contribution is 5.47. The number of nitriles is 1. The van der Waals surface area contributed by atoms with Gasteiger partial charge in [-0.1, -0.05) is 37.3 Å². The van der Waals surface area contributed by atoms with Gasteiger partial charge in [-0.25, -0.2) is 0 Å². The van der Waals surface area contributed by atoms with Crippen molar-refractivity contribution >= 4 is 0 Å². The number of para-hydroxylation sites is 2. The molecule has 102 valence electrons. The zero-order chi connectivity index (χ0) is 14.4. The molecule has 0 saturated carbocycles. The highest BCUT2D eigenvalue weighted by Gasteiger charge is 2.13. The number of nitrogens with one attached hydrogen (secondary N) is 1. The third kappa shape index (κ3) is 2.98. The number of benzene rings is 2. The Bertz CT molecular complexity index is 612. The summed E-state index contributed by atoms with van der Waals surface area (Å²) in [6, 6.07) is 17.6. The van der Waals surface area contributed by atoms with Crippen LogP contribution < -0.4 is 10.1 Å². The van der Waals surface area contributed by atoms with Gasteiger partial charge in [0.2, 0.25) is 0 Å². The molecule has 0 fully saturated rings. The largest absolute Gasteiger partial charge is 0.456 e. The molecule has 0 aromatic heterocycles. The fourth-order valence-corrected chi connectivity index (χ4v) is 2.21. The molecule has 0 amide bonds. The molecule has 1 unspecified atom stereocenters. The Morgan fingerprint density at radius 2 is 1.75 bits per heavy atom. The number of hydrogen-bond donors (Lipinski definition) is 1. The second-order valence-electron chi connectivity index (χ2n) is 4.50. The zero-order valence-electron chi connectivity index (χ0n) is 11.8. The molecule has 0 bridgehead atoms. The molecule has 0 aliphatic heterocycles. The smallest absolute Gasteiger partial charge is 0.145 e. The molecule has 0 aliphatic rings. The van der Waals surface area contributed by atoms with E-state index in [0.29, 0.717) is 11.3 Å². The van der Waals surface area contributed by atoms with E-state index in [1.807, 2.05) is 43.4 Å². The SMILES string of the molecule is CCC(NC)c1ccccc1Oc1ccccc1C#N. The molecule has 0 radical (unpaired) electrons. The topological polar surface area (TPSA) is 45.0 Å². The molecule has 1 N–H and O–H groups in total.